The zero-order valence-electron chi connectivity index (χ0n) is 11.3. The van der Waals surface area contributed by atoms with Crippen molar-refractivity contribution in [2.75, 3.05) is 0 Å². The summed E-state index contributed by atoms with van der Waals surface area (Å²) >= 11 is 0. The first-order valence-corrected chi connectivity index (χ1v) is 6.34. The van der Waals surface area contributed by atoms with Gasteiger partial charge in [0.15, 0.2) is 0 Å². The summed E-state index contributed by atoms with van der Waals surface area (Å²) in [5.74, 6) is 0.763. The zero-order chi connectivity index (χ0) is 13.6. The number of hydrogen-bond donors (Lipinski definition) is 3. The number of carbonyl (C=O) groups is 1. The van der Waals surface area contributed by atoms with E-state index in [-0.39, 0.29) is 6.10 Å². The molecule has 4 heteroatoms. The summed E-state index contributed by atoms with van der Waals surface area (Å²) in [7, 11) is 0. The van der Waals surface area contributed by atoms with Gasteiger partial charge in [-0.2, -0.15) is 0 Å². The van der Waals surface area contributed by atoms with Crippen LogP contribution >= 0.6 is 0 Å². The van der Waals surface area contributed by atoms with E-state index in [0.717, 1.165) is 12.3 Å². The van der Waals surface area contributed by atoms with Gasteiger partial charge in [0.25, 0.3) is 0 Å². The molecular weight excluding hydrogens is 220 g/mol. The Morgan fingerprint density at radius 1 is 1.24 bits per heavy atom. The maximum absolute atomic E-state index is 9.71. The lowest BCUT2D eigenvalue weighted by molar-refractivity contribution is -0.145. The molecule has 1 fully saturated rings. The molecule has 1 aliphatic carbocycles. The SMILES string of the molecule is CC(O)C(=O)O.CC1CCC(C(C)C)C(O)C1. The van der Waals surface area contributed by atoms with Crippen molar-refractivity contribution in [3.8, 4) is 0 Å². The molecule has 3 N–H and O–H groups in total. The Balaban J connectivity index is 0.000000366. The molecule has 0 radical (unpaired) electrons. The highest BCUT2D eigenvalue weighted by Gasteiger charge is 2.28. The van der Waals surface area contributed by atoms with Crippen LogP contribution in [0.15, 0.2) is 0 Å². The largest absolute Gasteiger partial charge is 0.479 e. The van der Waals surface area contributed by atoms with E-state index in [1.165, 1.54) is 19.8 Å². The topological polar surface area (TPSA) is 77.8 Å². The van der Waals surface area contributed by atoms with Gasteiger partial charge in [0.1, 0.15) is 6.10 Å². The first kappa shape index (κ1) is 16.4. The van der Waals surface area contributed by atoms with Crippen LogP contribution in [0.3, 0.4) is 0 Å². The third-order valence-corrected chi connectivity index (χ3v) is 3.34. The predicted molar refractivity (Wildman–Crippen MR) is 66.7 cm³/mol. The fraction of sp³-hybridized carbons (Fsp3) is 0.923. The number of hydrogen-bond acceptors (Lipinski definition) is 3. The van der Waals surface area contributed by atoms with Gasteiger partial charge in [-0.3, -0.25) is 0 Å². The first-order chi connectivity index (χ1) is 7.75. The Morgan fingerprint density at radius 3 is 2.00 bits per heavy atom. The van der Waals surface area contributed by atoms with Gasteiger partial charge in [0, 0.05) is 0 Å². The van der Waals surface area contributed by atoms with E-state index >= 15 is 0 Å². The molecule has 0 amide bonds. The number of carboxylic acids is 1. The summed E-state index contributed by atoms with van der Waals surface area (Å²) in [5.41, 5.74) is 0. The molecule has 1 saturated carbocycles. The molecule has 0 aliphatic heterocycles. The lowest BCUT2D eigenvalue weighted by atomic mass is 9.75. The van der Waals surface area contributed by atoms with Crippen molar-refractivity contribution < 1.29 is 20.1 Å². The molecule has 1 rings (SSSR count). The molecule has 0 aromatic heterocycles. The second-order valence-electron chi connectivity index (χ2n) is 5.41. The monoisotopic (exact) mass is 246 g/mol. The van der Waals surface area contributed by atoms with Crippen LogP contribution < -0.4 is 0 Å². The maximum Gasteiger partial charge on any atom is 0.332 e. The Labute approximate surface area is 104 Å². The van der Waals surface area contributed by atoms with Crippen LogP contribution in [0.25, 0.3) is 0 Å². The average Bonchev–Trinajstić information content (AvgIpc) is 2.17. The average molecular weight is 246 g/mol. The van der Waals surface area contributed by atoms with Crippen molar-refractivity contribution >= 4 is 5.97 Å². The van der Waals surface area contributed by atoms with Crippen LogP contribution in [-0.4, -0.2) is 33.5 Å². The molecule has 0 heterocycles. The van der Waals surface area contributed by atoms with Gasteiger partial charge in [0.2, 0.25) is 0 Å². The van der Waals surface area contributed by atoms with Gasteiger partial charge in [-0.25, -0.2) is 4.79 Å². The fourth-order valence-electron chi connectivity index (χ4n) is 2.15. The fourth-order valence-corrected chi connectivity index (χ4v) is 2.15. The lowest BCUT2D eigenvalue weighted by Crippen LogP contribution is -2.31. The van der Waals surface area contributed by atoms with Crippen LogP contribution in [0.4, 0.5) is 0 Å². The van der Waals surface area contributed by atoms with Crippen molar-refractivity contribution in [3.63, 3.8) is 0 Å². The van der Waals surface area contributed by atoms with Crippen molar-refractivity contribution in [1.82, 2.24) is 0 Å². The van der Waals surface area contributed by atoms with Crippen LogP contribution in [-0.2, 0) is 4.79 Å². The van der Waals surface area contributed by atoms with Gasteiger partial charge in [-0.05, 0) is 37.5 Å². The quantitative estimate of drug-likeness (QED) is 0.695. The molecule has 0 spiro atoms. The summed E-state index contributed by atoms with van der Waals surface area (Å²) in [4.78, 5) is 9.45. The van der Waals surface area contributed by atoms with Gasteiger partial charge in [-0.15, -0.1) is 0 Å². The molecule has 4 atom stereocenters. The van der Waals surface area contributed by atoms with Gasteiger partial charge < -0.3 is 15.3 Å². The minimum Gasteiger partial charge on any atom is -0.479 e. The summed E-state index contributed by atoms with van der Waals surface area (Å²) in [6, 6.07) is 0. The van der Waals surface area contributed by atoms with E-state index in [2.05, 4.69) is 20.8 Å². The molecule has 0 saturated heterocycles. The molecule has 0 bridgehead atoms. The van der Waals surface area contributed by atoms with Crippen LogP contribution in [0.5, 0.6) is 0 Å². The molecular formula is C13H26O4. The molecule has 0 aromatic rings. The maximum atomic E-state index is 9.71. The third kappa shape index (κ3) is 6.64. The number of aliphatic hydroxyl groups is 2. The minimum atomic E-state index is -1.23. The van der Waals surface area contributed by atoms with E-state index in [4.69, 9.17) is 10.2 Å². The van der Waals surface area contributed by atoms with E-state index in [1.54, 1.807) is 0 Å². The molecule has 17 heavy (non-hydrogen) atoms. The highest BCUT2D eigenvalue weighted by molar-refractivity contribution is 5.71. The second-order valence-corrected chi connectivity index (χ2v) is 5.41. The zero-order valence-corrected chi connectivity index (χ0v) is 11.3. The Morgan fingerprint density at radius 2 is 1.71 bits per heavy atom. The Kier molecular flexibility index (Phi) is 7.39. The van der Waals surface area contributed by atoms with Gasteiger partial charge in [-0.1, -0.05) is 27.2 Å². The van der Waals surface area contributed by atoms with Crippen molar-refractivity contribution in [2.45, 2.75) is 59.2 Å². The highest BCUT2D eigenvalue weighted by Crippen LogP contribution is 2.33. The summed E-state index contributed by atoms with van der Waals surface area (Å²) in [6.45, 7) is 7.86. The van der Waals surface area contributed by atoms with Crippen molar-refractivity contribution in [2.24, 2.45) is 17.8 Å². The Hall–Kier alpha value is -0.610. The highest BCUT2D eigenvalue weighted by atomic mass is 16.4. The smallest absolute Gasteiger partial charge is 0.332 e. The number of carboxylic acid groups (broad SMARTS) is 1. The van der Waals surface area contributed by atoms with E-state index in [0.29, 0.717) is 11.8 Å². The van der Waals surface area contributed by atoms with Crippen molar-refractivity contribution in [3.05, 3.63) is 0 Å². The third-order valence-electron chi connectivity index (χ3n) is 3.34. The second kappa shape index (κ2) is 7.67. The van der Waals surface area contributed by atoms with E-state index in [1.807, 2.05) is 0 Å². The summed E-state index contributed by atoms with van der Waals surface area (Å²) in [6.07, 6.45) is 2.28. The number of aliphatic carboxylic acids is 1. The number of rotatable bonds is 2. The lowest BCUT2D eigenvalue weighted by Gasteiger charge is -2.33. The molecule has 4 unspecified atom stereocenters. The van der Waals surface area contributed by atoms with Gasteiger partial charge in [0.05, 0.1) is 6.10 Å². The molecule has 4 nitrogen and oxygen atoms in total. The van der Waals surface area contributed by atoms with Crippen LogP contribution in [0.2, 0.25) is 0 Å². The van der Waals surface area contributed by atoms with Crippen molar-refractivity contribution in [1.29, 1.82) is 0 Å². The molecule has 0 aromatic carbocycles. The standard InChI is InChI=1S/C10H20O.C3H6O3/c1-7(2)9-5-4-8(3)6-10(9)11;1-2(4)3(5)6/h7-11H,4-6H2,1-3H3;2,4H,1H3,(H,5,6). The first-order valence-electron chi connectivity index (χ1n) is 6.34. The van der Waals surface area contributed by atoms with E-state index < -0.39 is 12.1 Å². The number of aliphatic hydroxyl groups excluding tert-OH is 2. The summed E-state index contributed by atoms with van der Waals surface area (Å²) < 4.78 is 0. The predicted octanol–water partition coefficient (Wildman–Crippen LogP) is 1.89. The normalized spacial score (nSPS) is 30.4. The summed E-state index contributed by atoms with van der Waals surface area (Å²) in [5, 5.41) is 25.5. The van der Waals surface area contributed by atoms with Gasteiger partial charge >= 0.3 is 5.97 Å². The molecule has 1 aliphatic rings. The van der Waals surface area contributed by atoms with Crippen LogP contribution in [0, 0.1) is 17.8 Å². The van der Waals surface area contributed by atoms with Crippen LogP contribution in [0.1, 0.15) is 47.0 Å². The minimum absolute atomic E-state index is 0.0289. The Bertz CT molecular complexity index is 225. The molecule has 102 valence electrons. The van der Waals surface area contributed by atoms with E-state index in [9.17, 15) is 9.90 Å².